The van der Waals surface area contributed by atoms with Crippen LogP contribution in [-0.2, 0) is 4.79 Å². The molecular formula is C21H17N5O2. The highest BCUT2D eigenvalue weighted by atomic mass is 16.2. The number of nitriles is 1. The minimum Gasteiger partial charge on any atom is -0.398 e. The number of anilines is 2. The quantitative estimate of drug-likeness (QED) is 0.537. The number of hydrogen-bond donors (Lipinski definition) is 2. The number of pyridine rings is 2. The van der Waals surface area contributed by atoms with E-state index in [-0.39, 0.29) is 17.7 Å². The SMILES string of the molecule is Cc1ccncc1-c1cc2cc(NC(=O)C3CC3C#N)ncc2c(N)c1C=O. The summed E-state index contributed by atoms with van der Waals surface area (Å²) < 4.78 is 0. The molecule has 4 rings (SSSR count). The molecule has 0 bridgehead atoms. The number of nitrogens with one attached hydrogen (secondary N) is 1. The number of benzene rings is 1. The van der Waals surface area contributed by atoms with Crippen molar-refractivity contribution in [2.24, 2.45) is 11.8 Å². The molecule has 1 amide bonds. The average Bonchev–Trinajstić information content (AvgIpc) is 3.48. The van der Waals surface area contributed by atoms with Crippen molar-refractivity contribution in [2.75, 3.05) is 11.1 Å². The second kappa shape index (κ2) is 6.74. The third kappa shape index (κ3) is 2.95. The lowest BCUT2D eigenvalue weighted by Gasteiger charge is -2.14. The normalized spacial score (nSPS) is 17.7. The first kappa shape index (κ1) is 17.6. The molecule has 28 heavy (non-hydrogen) atoms. The Morgan fingerprint density at radius 2 is 2.18 bits per heavy atom. The number of hydrogen-bond acceptors (Lipinski definition) is 6. The number of nitrogens with two attached hydrogens (primary N) is 1. The highest BCUT2D eigenvalue weighted by molar-refractivity contribution is 6.08. The summed E-state index contributed by atoms with van der Waals surface area (Å²) in [6.45, 7) is 1.94. The van der Waals surface area contributed by atoms with Crippen LogP contribution in [0.25, 0.3) is 21.9 Å². The van der Waals surface area contributed by atoms with Crippen LogP contribution in [0.4, 0.5) is 11.5 Å². The highest BCUT2D eigenvalue weighted by Gasteiger charge is 2.43. The number of carbonyl (C=O) groups excluding carboxylic acids is 2. The van der Waals surface area contributed by atoms with Crippen LogP contribution >= 0.6 is 0 Å². The molecule has 1 aromatic carbocycles. The highest BCUT2D eigenvalue weighted by Crippen LogP contribution is 2.39. The van der Waals surface area contributed by atoms with Crippen LogP contribution in [0.15, 0.2) is 36.8 Å². The van der Waals surface area contributed by atoms with Gasteiger partial charge in [-0.25, -0.2) is 4.98 Å². The summed E-state index contributed by atoms with van der Waals surface area (Å²) in [7, 11) is 0. The molecule has 1 aliphatic carbocycles. The fourth-order valence-electron chi connectivity index (χ4n) is 3.35. The zero-order valence-corrected chi connectivity index (χ0v) is 15.1. The van der Waals surface area contributed by atoms with Gasteiger partial charge in [-0.3, -0.25) is 14.6 Å². The predicted molar refractivity (Wildman–Crippen MR) is 105 cm³/mol. The second-order valence-electron chi connectivity index (χ2n) is 6.92. The van der Waals surface area contributed by atoms with Gasteiger partial charge in [0.15, 0.2) is 6.29 Å². The van der Waals surface area contributed by atoms with Gasteiger partial charge in [-0.15, -0.1) is 0 Å². The van der Waals surface area contributed by atoms with Crippen molar-refractivity contribution in [3.8, 4) is 17.2 Å². The Balaban J connectivity index is 1.79. The maximum absolute atomic E-state index is 12.2. The van der Waals surface area contributed by atoms with E-state index in [2.05, 4.69) is 21.4 Å². The molecule has 0 aliphatic heterocycles. The van der Waals surface area contributed by atoms with Gasteiger partial charge < -0.3 is 11.1 Å². The molecule has 0 saturated heterocycles. The van der Waals surface area contributed by atoms with Gasteiger partial charge in [0, 0.05) is 35.1 Å². The lowest BCUT2D eigenvalue weighted by atomic mass is 9.93. The first-order valence-corrected chi connectivity index (χ1v) is 8.82. The molecule has 2 aromatic heterocycles. The third-order valence-electron chi connectivity index (χ3n) is 5.10. The van der Waals surface area contributed by atoms with Crippen molar-refractivity contribution in [2.45, 2.75) is 13.3 Å². The number of rotatable bonds is 4. The Hall–Kier alpha value is -3.79. The minimum absolute atomic E-state index is 0.209. The van der Waals surface area contributed by atoms with Gasteiger partial charge in [-0.05, 0) is 48.1 Å². The smallest absolute Gasteiger partial charge is 0.230 e. The van der Waals surface area contributed by atoms with Crippen molar-refractivity contribution >= 4 is 34.5 Å². The fourth-order valence-corrected chi connectivity index (χ4v) is 3.35. The maximum atomic E-state index is 12.2. The first-order chi connectivity index (χ1) is 13.5. The molecule has 0 spiro atoms. The number of aryl methyl sites for hydroxylation is 1. The Morgan fingerprint density at radius 1 is 1.36 bits per heavy atom. The van der Waals surface area contributed by atoms with E-state index in [0.29, 0.717) is 34.4 Å². The number of fused-ring (bicyclic) bond motifs is 1. The van der Waals surface area contributed by atoms with Crippen LogP contribution in [-0.4, -0.2) is 22.2 Å². The van der Waals surface area contributed by atoms with E-state index in [1.165, 1.54) is 0 Å². The van der Waals surface area contributed by atoms with E-state index in [4.69, 9.17) is 11.0 Å². The number of nitrogens with zero attached hydrogens (tertiary/aromatic N) is 3. The fraction of sp³-hybridized carbons (Fsp3) is 0.190. The third-order valence-corrected chi connectivity index (χ3v) is 5.10. The van der Waals surface area contributed by atoms with Crippen LogP contribution in [0.3, 0.4) is 0 Å². The summed E-state index contributed by atoms with van der Waals surface area (Å²) >= 11 is 0. The number of aldehydes is 1. The molecule has 3 aromatic rings. The number of nitrogen functional groups attached to an aromatic ring is 1. The Bertz CT molecular complexity index is 1170. The van der Waals surface area contributed by atoms with Crippen molar-refractivity contribution < 1.29 is 9.59 Å². The van der Waals surface area contributed by atoms with E-state index in [1.807, 2.05) is 19.1 Å². The molecule has 1 aliphatic rings. The Morgan fingerprint density at radius 3 is 2.86 bits per heavy atom. The van der Waals surface area contributed by atoms with Crippen LogP contribution in [0.5, 0.6) is 0 Å². The van der Waals surface area contributed by atoms with E-state index in [0.717, 1.165) is 22.8 Å². The first-order valence-electron chi connectivity index (χ1n) is 8.82. The van der Waals surface area contributed by atoms with Crippen molar-refractivity contribution in [1.29, 1.82) is 5.26 Å². The van der Waals surface area contributed by atoms with Gasteiger partial charge in [0.2, 0.25) is 5.91 Å². The summed E-state index contributed by atoms with van der Waals surface area (Å²) in [4.78, 5) is 32.3. The summed E-state index contributed by atoms with van der Waals surface area (Å²) in [5.41, 5.74) is 9.44. The largest absolute Gasteiger partial charge is 0.398 e. The number of carbonyl (C=O) groups is 2. The summed E-state index contributed by atoms with van der Waals surface area (Å²) in [5.74, 6) is -0.322. The van der Waals surface area contributed by atoms with E-state index >= 15 is 0 Å². The van der Waals surface area contributed by atoms with Crippen LogP contribution < -0.4 is 11.1 Å². The summed E-state index contributed by atoms with van der Waals surface area (Å²) in [6, 6.07) is 7.54. The van der Waals surface area contributed by atoms with Gasteiger partial charge in [0.1, 0.15) is 5.82 Å². The topological polar surface area (TPSA) is 122 Å². The molecular weight excluding hydrogens is 354 g/mol. The average molecular weight is 371 g/mol. The molecule has 2 atom stereocenters. The van der Waals surface area contributed by atoms with Gasteiger partial charge in [0.25, 0.3) is 0 Å². The minimum atomic E-state index is -0.279. The van der Waals surface area contributed by atoms with E-state index < -0.39 is 0 Å². The van der Waals surface area contributed by atoms with Gasteiger partial charge >= 0.3 is 0 Å². The standard InChI is InChI=1S/C21H17N5O2/c1-11-2-3-24-8-16(11)15-4-12-6-19(26-21(28)14-5-13(14)7-22)25-9-17(12)20(23)18(15)10-27/h2-4,6,8-10,13-14H,5,23H2,1H3,(H,25,26,28). The summed E-state index contributed by atoms with van der Waals surface area (Å²) in [6.07, 6.45) is 6.24. The van der Waals surface area contributed by atoms with Crippen LogP contribution in [0.2, 0.25) is 0 Å². The number of amides is 1. The lowest BCUT2D eigenvalue weighted by molar-refractivity contribution is -0.117. The molecule has 1 saturated carbocycles. The zero-order valence-electron chi connectivity index (χ0n) is 15.1. The van der Waals surface area contributed by atoms with Gasteiger partial charge in [-0.2, -0.15) is 5.26 Å². The second-order valence-corrected chi connectivity index (χ2v) is 6.92. The summed E-state index contributed by atoms with van der Waals surface area (Å²) in [5, 5.41) is 13.0. The van der Waals surface area contributed by atoms with E-state index in [1.54, 1.807) is 24.7 Å². The molecule has 1 fully saturated rings. The molecule has 2 heterocycles. The molecule has 2 unspecified atom stereocenters. The molecule has 0 radical (unpaired) electrons. The van der Waals surface area contributed by atoms with Crippen molar-refractivity contribution in [3.63, 3.8) is 0 Å². The van der Waals surface area contributed by atoms with Crippen molar-refractivity contribution in [3.05, 3.63) is 47.9 Å². The van der Waals surface area contributed by atoms with Crippen LogP contribution in [0, 0.1) is 30.1 Å². The zero-order chi connectivity index (χ0) is 19.8. The lowest BCUT2D eigenvalue weighted by Crippen LogP contribution is -2.15. The van der Waals surface area contributed by atoms with Gasteiger partial charge in [0.05, 0.1) is 23.6 Å². The van der Waals surface area contributed by atoms with Crippen molar-refractivity contribution in [1.82, 2.24) is 9.97 Å². The Kier molecular flexibility index (Phi) is 4.24. The van der Waals surface area contributed by atoms with Crippen LogP contribution in [0.1, 0.15) is 22.3 Å². The number of aromatic nitrogens is 2. The molecule has 7 heteroatoms. The monoisotopic (exact) mass is 371 g/mol. The maximum Gasteiger partial charge on any atom is 0.230 e. The predicted octanol–water partition coefficient (Wildman–Crippen LogP) is 3.10. The van der Waals surface area contributed by atoms with E-state index in [9.17, 15) is 9.59 Å². The molecule has 7 nitrogen and oxygen atoms in total. The molecule has 3 N–H and O–H groups in total. The van der Waals surface area contributed by atoms with Gasteiger partial charge in [-0.1, -0.05) is 0 Å². The Labute approximate surface area is 161 Å². The molecule has 138 valence electrons.